The minimum atomic E-state index is -0.494. The summed E-state index contributed by atoms with van der Waals surface area (Å²) in [6.07, 6.45) is 0. The largest absolute Gasteiger partial charge is 0.440 e. The summed E-state index contributed by atoms with van der Waals surface area (Å²) in [5.74, 6) is 0.00414. The summed E-state index contributed by atoms with van der Waals surface area (Å²) < 4.78 is 7.37. The first kappa shape index (κ1) is 16.6. The summed E-state index contributed by atoms with van der Waals surface area (Å²) in [4.78, 5) is 15.3. The summed E-state index contributed by atoms with van der Waals surface area (Å²) in [5.41, 5.74) is 7.38. The highest BCUT2D eigenvalue weighted by Crippen LogP contribution is 2.42. The van der Waals surface area contributed by atoms with Gasteiger partial charge in [0.2, 0.25) is 5.88 Å². The number of rotatable bonds is 3. The number of nitriles is 1. The van der Waals surface area contributed by atoms with E-state index in [1.165, 1.54) is 11.3 Å². The molecule has 0 spiro atoms. The number of fused-ring (bicyclic) bond motifs is 1. The van der Waals surface area contributed by atoms with E-state index in [9.17, 15) is 10.1 Å². The molecule has 4 heterocycles. The van der Waals surface area contributed by atoms with Crippen LogP contribution in [0, 0.1) is 18.3 Å². The van der Waals surface area contributed by atoms with Gasteiger partial charge in [-0.1, -0.05) is 12.1 Å². The molecule has 1 unspecified atom stereocenters. The van der Waals surface area contributed by atoms with E-state index in [1.807, 2.05) is 48.0 Å². The van der Waals surface area contributed by atoms with Crippen LogP contribution >= 0.6 is 22.7 Å². The van der Waals surface area contributed by atoms with Crippen LogP contribution in [0.2, 0.25) is 0 Å². The van der Waals surface area contributed by atoms with Gasteiger partial charge in [0.05, 0.1) is 18.0 Å². The zero-order valence-electron chi connectivity index (χ0n) is 13.9. The standard InChI is InChI=1S/C19H15N3O2S2/c1-11-8-14-17(19(23)22(11)10-12-4-2-6-25-12)16(15-5-3-7-26-15)13(9-20)18(21)24-14/h2-8,16H,10,21H2,1H3. The van der Waals surface area contributed by atoms with Gasteiger partial charge in [0, 0.05) is 21.5 Å². The molecular formula is C19H15N3O2S2. The molecule has 5 nitrogen and oxygen atoms in total. The van der Waals surface area contributed by atoms with E-state index >= 15 is 0 Å². The first-order valence-electron chi connectivity index (χ1n) is 7.98. The second-order valence-electron chi connectivity index (χ2n) is 5.97. The first-order valence-corrected chi connectivity index (χ1v) is 9.73. The van der Waals surface area contributed by atoms with Gasteiger partial charge in [0.15, 0.2) is 0 Å². The molecule has 2 N–H and O–H groups in total. The summed E-state index contributed by atoms with van der Waals surface area (Å²) in [5, 5.41) is 13.5. The Morgan fingerprint density at radius 3 is 2.73 bits per heavy atom. The Balaban J connectivity index is 1.94. The van der Waals surface area contributed by atoms with Crippen molar-refractivity contribution >= 4 is 22.7 Å². The molecule has 7 heteroatoms. The average Bonchev–Trinajstić information content (AvgIpc) is 3.31. The third kappa shape index (κ3) is 2.64. The molecule has 1 aliphatic heterocycles. The van der Waals surface area contributed by atoms with E-state index in [2.05, 4.69) is 6.07 Å². The van der Waals surface area contributed by atoms with Crippen molar-refractivity contribution in [3.8, 4) is 11.8 Å². The zero-order valence-corrected chi connectivity index (χ0v) is 15.6. The number of thiophene rings is 2. The zero-order chi connectivity index (χ0) is 18.3. The van der Waals surface area contributed by atoms with Crippen molar-refractivity contribution in [1.29, 1.82) is 5.26 Å². The Morgan fingerprint density at radius 1 is 1.31 bits per heavy atom. The van der Waals surface area contributed by atoms with Gasteiger partial charge in [-0.25, -0.2) is 0 Å². The molecule has 0 aromatic carbocycles. The Morgan fingerprint density at radius 2 is 2.08 bits per heavy atom. The lowest BCUT2D eigenvalue weighted by Gasteiger charge is -2.26. The van der Waals surface area contributed by atoms with E-state index in [4.69, 9.17) is 10.5 Å². The Kier molecular flexibility index (Phi) is 4.15. The van der Waals surface area contributed by atoms with Crippen LogP contribution in [0.25, 0.3) is 0 Å². The lowest BCUT2D eigenvalue weighted by atomic mass is 9.88. The molecule has 0 saturated carbocycles. The van der Waals surface area contributed by atoms with Crippen molar-refractivity contribution in [2.75, 3.05) is 0 Å². The second kappa shape index (κ2) is 6.48. The molecule has 130 valence electrons. The third-order valence-electron chi connectivity index (χ3n) is 4.41. The molecule has 26 heavy (non-hydrogen) atoms. The van der Waals surface area contributed by atoms with Gasteiger partial charge in [-0.2, -0.15) is 5.26 Å². The van der Waals surface area contributed by atoms with Gasteiger partial charge in [-0.15, -0.1) is 22.7 Å². The number of pyridine rings is 1. The van der Waals surface area contributed by atoms with E-state index in [-0.39, 0.29) is 17.0 Å². The maximum absolute atomic E-state index is 13.4. The number of allylic oxidation sites excluding steroid dienone is 1. The van der Waals surface area contributed by atoms with Crippen molar-refractivity contribution in [1.82, 2.24) is 4.57 Å². The summed E-state index contributed by atoms with van der Waals surface area (Å²) in [7, 11) is 0. The van der Waals surface area contributed by atoms with Crippen LogP contribution in [0.5, 0.6) is 5.75 Å². The topological polar surface area (TPSA) is 81.0 Å². The van der Waals surface area contributed by atoms with Gasteiger partial charge >= 0.3 is 0 Å². The van der Waals surface area contributed by atoms with Gasteiger partial charge in [-0.05, 0) is 29.8 Å². The van der Waals surface area contributed by atoms with Crippen molar-refractivity contribution in [3.05, 3.63) is 83.9 Å². The molecule has 0 fully saturated rings. The fourth-order valence-corrected chi connectivity index (χ4v) is 4.72. The third-order valence-corrected chi connectivity index (χ3v) is 6.21. The predicted octanol–water partition coefficient (Wildman–Crippen LogP) is 3.55. The Hall–Kier alpha value is -2.82. The molecule has 0 bridgehead atoms. The molecule has 0 saturated heterocycles. The lowest BCUT2D eigenvalue weighted by molar-refractivity contribution is 0.389. The van der Waals surface area contributed by atoms with Crippen LogP contribution in [-0.2, 0) is 6.54 Å². The lowest BCUT2D eigenvalue weighted by Crippen LogP contribution is -2.32. The Labute approximate surface area is 158 Å². The first-order chi connectivity index (χ1) is 12.6. The summed E-state index contributed by atoms with van der Waals surface area (Å²) in [6, 6.07) is 11.7. The average molecular weight is 381 g/mol. The van der Waals surface area contributed by atoms with Crippen molar-refractivity contribution < 1.29 is 4.74 Å². The van der Waals surface area contributed by atoms with E-state index in [0.29, 0.717) is 17.9 Å². The number of ether oxygens (including phenoxy) is 1. The molecule has 0 amide bonds. The molecule has 3 aromatic heterocycles. The van der Waals surface area contributed by atoms with Crippen molar-refractivity contribution in [2.45, 2.75) is 19.4 Å². The van der Waals surface area contributed by atoms with Crippen molar-refractivity contribution in [2.24, 2.45) is 5.73 Å². The number of aryl methyl sites for hydroxylation is 1. The fraction of sp³-hybridized carbons (Fsp3) is 0.158. The number of nitrogens with zero attached hydrogens (tertiary/aromatic N) is 2. The van der Waals surface area contributed by atoms with E-state index < -0.39 is 5.92 Å². The van der Waals surface area contributed by atoms with Crippen molar-refractivity contribution in [3.63, 3.8) is 0 Å². The number of aromatic nitrogens is 1. The minimum absolute atomic E-state index is 0.0632. The Bertz CT molecular complexity index is 1090. The van der Waals surface area contributed by atoms with Gasteiger partial charge in [0.1, 0.15) is 17.4 Å². The van der Waals surface area contributed by atoms with Gasteiger partial charge < -0.3 is 15.0 Å². The molecule has 4 rings (SSSR count). The monoisotopic (exact) mass is 381 g/mol. The van der Waals surface area contributed by atoms with Crippen LogP contribution in [-0.4, -0.2) is 4.57 Å². The van der Waals surface area contributed by atoms with Gasteiger partial charge in [-0.3, -0.25) is 4.79 Å². The fourth-order valence-electron chi connectivity index (χ4n) is 3.18. The molecule has 0 radical (unpaired) electrons. The molecule has 3 aromatic rings. The van der Waals surface area contributed by atoms with Crippen LogP contribution in [0.15, 0.2) is 57.3 Å². The van der Waals surface area contributed by atoms with Crippen LogP contribution in [0.3, 0.4) is 0 Å². The highest BCUT2D eigenvalue weighted by molar-refractivity contribution is 7.10. The van der Waals surface area contributed by atoms with Crippen LogP contribution in [0.1, 0.15) is 26.9 Å². The second-order valence-corrected chi connectivity index (χ2v) is 7.99. The molecule has 0 aliphatic carbocycles. The molecular weight excluding hydrogens is 366 g/mol. The van der Waals surface area contributed by atoms with E-state index in [1.54, 1.807) is 15.9 Å². The number of hydrogen-bond acceptors (Lipinski definition) is 6. The normalized spacial score (nSPS) is 16.1. The SMILES string of the molecule is Cc1cc2c(c(=O)n1Cc1cccs1)C(c1cccs1)C(C#N)=C(N)O2. The molecule has 1 atom stereocenters. The number of hydrogen-bond donors (Lipinski definition) is 1. The smallest absolute Gasteiger partial charge is 0.259 e. The maximum Gasteiger partial charge on any atom is 0.259 e. The number of nitrogens with two attached hydrogens (primary N) is 1. The maximum atomic E-state index is 13.4. The predicted molar refractivity (Wildman–Crippen MR) is 102 cm³/mol. The highest BCUT2D eigenvalue weighted by atomic mass is 32.1. The summed E-state index contributed by atoms with van der Waals surface area (Å²) >= 11 is 3.10. The molecule has 1 aliphatic rings. The van der Waals surface area contributed by atoms with Gasteiger partial charge in [0.25, 0.3) is 5.56 Å². The van der Waals surface area contributed by atoms with Crippen LogP contribution < -0.4 is 16.0 Å². The van der Waals surface area contributed by atoms with E-state index in [0.717, 1.165) is 15.4 Å². The quantitative estimate of drug-likeness (QED) is 0.752. The minimum Gasteiger partial charge on any atom is -0.440 e. The van der Waals surface area contributed by atoms with Crippen LogP contribution in [0.4, 0.5) is 0 Å². The summed E-state index contributed by atoms with van der Waals surface area (Å²) in [6.45, 7) is 2.37. The highest BCUT2D eigenvalue weighted by Gasteiger charge is 2.34.